The maximum atomic E-state index is 11.8. The molecule has 88 valence electrons. The van der Waals surface area contributed by atoms with Crippen molar-refractivity contribution in [1.82, 2.24) is 9.97 Å². The highest BCUT2D eigenvalue weighted by molar-refractivity contribution is 7.98. The molecule has 0 radical (unpaired) electrons. The van der Waals surface area contributed by atoms with Gasteiger partial charge in [0.1, 0.15) is 5.56 Å². The summed E-state index contributed by atoms with van der Waals surface area (Å²) in [7, 11) is 0. The van der Waals surface area contributed by atoms with Crippen molar-refractivity contribution in [1.29, 1.82) is 0 Å². The molecule has 0 aliphatic carbocycles. The molecule has 0 unspecified atom stereocenters. The van der Waals surface area contributed by atoms with Crippen molar-refractivity contribution in [2.75, 3.05) is 6.26 Å². The van der Waals surface area contributed by atoms with Crippen LogP contribution in [0, 0.1) is 6.92 Å². The lowest BCUT2D eigenvalue weighted by atomic mass is 10.1. The van der Waals surface area contributed by atoms with Gasteiger partial charge in [0.15, 0.2) is 5.16 Å². The Labute approximate surface area is 103 Å². The summed E-state index contributed by atoms with van der Waals surface area (Å²) < 4.78 is 0. The fraction of sp³-hybridized carbons (Fsp3) is 0.167. The predicted octanol–water partition coefficient (Wildman–Crippen LogP) is 2.17. The molecule has 1 aromatic heterocycles. The second-order valence-corrected chi connectivity index (χ2v) is 4.43. The smallest absolute Gasteiger partial charge is 0.263 e. The van der Waals surface area contributed by atoms with E-state index in [9.17, 15) is 9.90 Å². The van der Waals surface area contributed by atoms with E-state index in [1.807, 2.05) is 19.1 Å². The standard InChI is InChI=1S/C12H12N2O2S/c1-7-3-5-8(6-4-7)9-10(15)13-12(17-2)14-11(9)16/h3-6H,1-2H3,(H2,13,14,15,16). The van der Waals surface area contributed by atoms with E-state index < -0.39 is 0 Å². The molecule has 2 rings (SSSR count). The third-order valence-electron chi connectivity index (χ3n) is 2.41. The molecule has 0 fully saturated rings. The summed E-state index contributed by atoms with van der Waals surface area (Å²) in [6.07, 6.45) is 1.78. The molecule has 0 atom stereocenters. The van der Waals surface area contributed by atoms with Crippen molar-refractivity contribution >= 4 is 11.8 Å². The first-order valence-electron chi connectivity index (χ1n) is 5.06. The Kier molecular flexibility index (Phi) is 3.19. The molecule has 0 saturated carbocycles. The summed E-state index contributed by atoms with van der Waals surface area (Å²) in [5, 5.41) is 10.2. The molecule has 0 aliphatic rings. The number of aromatic nitrogens is 2. The van der Waals surface area contributed by atoms with Gasteiger partial charge in [-0.15, -0.1) is 0 Å². The Hall–Kier alpha value is -1.75. The Bertz CT molecular complexity index is 590. The Morgan fingerprint density at radius 1 is 1.29 bits per heavy atom. The van der Waals surface area contributed by atoms with E-state index in [2.05, 4.69) is 9.97 Å². The topological polar surface area (TPSA) is 66.0 Å². The lowest BCUT2D eigenvalue weighted by Crippen LogP contribution is -2.11. The van der Waals surface area contributed by atoms with Gasteiger partial charge in [0, 0.05) is 0 Å². The molecule has 1 aromatic carbocycles. The van der Waals surface area contributed by atoms with Gasteiger partial charge in [-0.3, -0.25) is 4.79 Å². The summed E-state index contributed by atoms with van der Waals surface area (Å²) in [6.45, 7) is 1.96. The van der Waals surface area contributed by atoms with Gasteiger partial charge in [-0.1, -0.05) is 41.6 Å². The highest BCUT2D eigenvalue weighted by atomic mass is 32.2. The van der Waals surface area contributed by atoms with Crippen molar-refractivity contribution in [2.24, 2.45) is 0 Å². The van der Waals surface area contributed by atoms with Gasteiger partial charge in [-0.2, -0.15) is 4.98 Å². The first-order chi connectivity index (χ1) is 8.11. The molecule has 4 nitrogen and oxygen atoms in total. The molecule has 0 bridgehead atoms. The monoisotopic (exact) mass is 248 g/mol. The second kappa shape index (κ2) is 4.63. The minimum absolute atomic E-state index is 0.211. The van der Waals surface area contributed by atoms with Crippen LogP contribution in [0.5, 0.6) is 5.88 Å². The SMILES string of the molecule is CSc1nc(O)c(-c2ccc(C)cc2)c(=O)[nH]1. The van der Waals surface area contributed by atoms with Gasteiger partial charge in [0.25, 0.3) is 5.56 Å². The van der Waals surface area contributed by atoms with Gasteiger partial charge in [-0.05, 0) is 18.7 Å². The van der Waals surface area contributed by atoms with Crippen molar-refractivity contribution in [3.05, 3.63) is 40.2 Å². The minimum atomic E-state index is -0.328. The third-order valence-corrected chi connectivity index (χ3v) is 2.99. The van der Waals surface area contributed by atoms with Crippen LogP contribution in [0.25, 0.3) is 11.1 Å². The third kappa shape index (κ3) is 2.34. The number of thioether (sulfide) groups is 1. The summed E-state index contributed by atoms with van der Waals surface area (Å²) in [5.74, 6) is -0.234. The molecular weight excluding hydrogens is 236 g/mol. The van der Waals surface area contributed by atoms with E-state index in [0.29, 0.717) is 10.7 Å². The van der Waals surface area contributed by atoms with Gasteiger partial charge < -0.3 is 10.1 Å². The normalized spacial score (nSPS) is 10.5. The van der Waals surface area contributed by atoms with E-state index >= 15 is 0 Å². The van der Waals surface area contributed by atoms with Crippen LogP contribution in [-0.2, 0) is 0 Å². The Morgan fingerprint density at radius 2 is 1.94 bits per heavy atom. The van der Waals surface area contributed by atoms with E-state index in [-0.39, 0.29) is 17.0 Å². The molecule has 2 aromatic rings. The lowest BCUT2D eigenvalue weighted by molar-refractivity contribution is 0.446. The van der Waals surface area contributed by atoms with Crippen molar-refractivity contribution < 1.29 is 5.11 Å². The van der Waals surface area contributed by atoms with Crippen LogP contribution in [0.4, 0.5) is 0 Å². The van der Waals surface area contributed by atoms with Crippen LogP contribution in [0.3, 0.4) is 0 Å². The fourth-order valence-corrected chi connectivity index (χ4v) is 1.89. The molecule has 0 amide bonds. The molecule has 0 saturated heterocycles. The number of nitrogens with one attached hydrogen (secondary N) is 1. The maximum Gasteiger partial charge on any atom is 0.263 e. The molecule has 0 spiro atoms. The quantitative estimate of drug-likeness (QED) is 0.631. The first kappa shape index (κ1) is 11.7. The van der Waals surface area contributed by atoms with Gasteiger partial charge in [0.2, 0.25) is 5.88 Å². The average molecular weight is 248 g/mol. The second-order valence-electron chi connectivity index (χ2n) is 3.64. The van der Waals surface area contributed by atoms with Gasteiger partial charge in [0.05, 0.1) is 0 Å². The molecule has 1 heterocycles. The summed E-state index contributed by atoms with van der Waals surface area (Å²) in [4.78, 5) is 18.4. The number of benzene rings is 1. The van der Waals surface area contributed by atoms with E-state index in [0.717, 1.165) is 5.56 Å². The number of aromatic amines is 1. The van der Waals surface area contributed by atoms with E-state index in [1.165, 1.54) is 11.8 Å². The van der Waals surface area contributed by atoms with Crippen LogP contribution in [0.1, 0.15) is 5.56 Å². The maximum absolute atomic E-state index is 11.8. The molecule has 0 aliphatic heterocycles. The first-order valence-corrected chi connectivity index (χ1v) is 6.28. The molecular formula is C12H12N2O2S. The molecule has 2 N–H and O–H groups in total. The van der Waals surface area contributed by atoms with Crippen LogP contribution >= 0.6 is 11.8 Å². The average Bonchev–Trinajstić information content (AvgIpc) is 2.30. The lowest BCUT2D eigenvalue weighted by Gasteiger charge is -2.04. The zero-order chi connectivity index (χ0) is 12.4. The molecule has 17 heavy (non-hydrogen) atoms. The zero-order valence-corrected chi connectivity index (χ0v) is 10.3. The number of hydrogen-bond acceptors (Lipinski definition) is 4. The summed E-state index contributed by atoms with van der Waals surface area (Å²) in [5.41, 5.74) is 1.64. The number of hydrogen-bond donors (Lipinski definition) is 2. The van der Waals surface area contributed by atoms with Crippen LogP contribution in [0.15, 0.2) is 34.2 Å². The van der Waals surface area contributed by atoms with Crippen LogP contribution in [-0.4, -0.2) is 21.3 Å². The van der Waals surface area contributed by atoms with Crippen molar-refractivity contribution in [3.63, 3.8) is 0 Å². The highest BCUT2D eigenvalue weighted by Gasteiger charge is 2.12. The van der Waals surface area contributed by atoms with Gasteiger partial charge >= 0.3 is 0 Å². The Morgan fingerprint density at radius 3 is 2.47 bits per heavy atom. The summed E-state index contributed by atoms with van der Waals surface area (Å²) >= 11 is 1.28. The number of H-pyrrole nitrogens is 1. The molecule has 5 heteroatoms. The van der Waals surface area contributed by atoms with Crippen LogP contribution in [0.2, 0.25) is 0 Å². The van der Waals surface area contributed by atoms with E-state index in [4.69, 9.17) is 0 Å². The van der Waals surface area contributed by atoms with Crippen molar-refractivity contribution in [3.8, 4) is 17.0 Å². The minimum Gasteiger partial charge on any atom is -0.493 e. The van der Waals surface area contributed by atoms with Gasteiger partial charge in [-0.25, -0.2) is 0 Å². The number of aromatic hydroxyl groups is 1. The summed E-state index contributed by atoms with van der Waals surface area (Å²) in [6, 6.07) is 7.35. The Balaban J connectivity index is 2.60. The number of nitrogens with zero attached hydrogens (tertiary/aromatic N) is 1. The fourth-order valence-electron chi connectivity index (χ4n) is 1.52. The highest BCUT2D eigenvalue weighted by Crippen LogP contribution is 2.24. The predicted molar refractivity (Wildman–Crippen MR) is 68.5 cm³/mol. The largest absolute Gasteiger partial charge is 0.493 e. The van der Waals surface area contributed by atoms with E-state index in [1.54, 1.807) is 18.4 Å². The zero-order valence-electron chi connectivity index (χ0n) is 9.52. The van der Waals surface area contributed by atoms with Crippen molar-refractivity contribution in [2.45, 2.75) is 12.1 Å². The number of rotatable bonds is 2. The van der Waals surface area contributed by atoms with Crippen LogP contribution < -0.4 is 5.56 Å². The number of aryl methyl sites for hydroxylation is 1.